The molecule has 1 unspecified atom stereocenters. The molecule has 2 heterocycles. The summed E-state index contributed by atoms with van der Waals surface area (Å²) in [5, 5.41) is 0. The van der Waals surface area contributed by atoms with Crippen molar-refractivity contribution in [3.05, 3.63) is 6.33 Å². The summed E-state index contributed by atoms with van der Waals surface area (Å²) in [4.78, 5) is 20.5. The Morgan fingerprint density at radius 3 is 2.94 bits per heavy atom. The average Bonchev–Trinajstić information content (AvgIpc) is 2.67. The minimum Gasteiger partial charge on any atom is -0.382 e. The van der Waals surface area contributed by atoms with E-state index in [4.69, 9.17) is 21.1 Å². The second-order valence-electron chi connectivity index (χ2n) is 3.47. The van der Waals surface area contributed by atoms with Gasteiger partial charge in [0.2, 0.25) is 5.95 Å². The fraction of sp³-hybridized carbons (Fsp3) is 0.375. The highest BCUT2D eigenvalue weighted by molar-refractivity contribution is 7.37. The number of hydrogen-bond donors (Lipinski definition) is 3. The molecule has 2 rings (SSSR count). The molecule has 1 atom stereocenters. The van der Waals surface area contributed by atoms with Crippen LogP contribution in [0.2, 0.25) is 0 Å². The Morgan fingerprint density at radius 1 is 1.44 bits per heavy atom. The lowest BCUT2D eigenvalue weighted by molar-refractivity contribution is 0.163. The molecule has 10 heteroatoms. The average molecular weight is 271 g/mol. The third kappa shape index (κ3) is 2.70. The first kappa shape index (κ1) is 12.6. The molecular formula is C8H12N6O3P+. The van der Waals surface area contributed by atoms with Crippen LogP contribution in [-0.2, 0) is 15.8 Å². The van der Waals surface area contributed by atoms with E-state index in [1.165, 1.54) is 6.33 Å². The predicted molar refractivity (Wildman–Crippen MR) is 64.8 cm³/mol. The first-order chi connectivity index (χ1) is 8.58. The molecule has 0 aliphatic carbocycles. The van der Waals surface area contributed by atoms with Crippen molar-refractivity contribution in [1.29, 1.82) is 0 Å². The Kier molecular flexibility index (Phi) is 3.66. The zero-order valence-electron chi connectivity index (χ0n) is 9.35. The summed E-state index contributed by atoms with van der Waals surface area (Å²) in [5.41, 5.74) is 12.1. The van der Waals surface area contributed by atoms with Gasteiger partial charge in [0, 0.05) is 6.54 Å². The number of anilines is 2. The molecule has 0 aliphatic rings. The van der Waals surface area contributed by atoms with Gasteiger partial charge in [-0.05, 0) is 4.57 Å². The van der Waals surface area contributed by atoms with E-state index >= 15 is 0 Å². The zero-order chi connectivity index (χ0) is 13.1. The molecule has 0 aliphatic heterocycles. The minimum absolute atomic E-state index is 0.0705. The molecule has 0 saturated heterocycles. The monoisotopic (exact) mass is 271 g/mol. The smallest absolute Gasteiger partial charge is 0.382 e. The lowest BCUT2D eigenvalue weighted by atomic mass is 10.5. The van der Waals surface area contributed by atoms with Gasteiger partial charge in [0.15, 0.2) is 11.5 Å². The van der Waals surface area contributed by atoms with Crippen LogP contribution in [0.1, 0.15) is 0 Å². The van der Waals surface area contributed by atoms with Crippen molar-refractivity contribution in [3.63, 3.8) is 0 Å². The van der Waals surface area contributed by atoms with E-state index in [1.807, 2.05) is 0 Å². The van der Waals surface area contributed by atoms with Crippen molar-refractivity contribution in [1.82, 2.24) is 19.5 Å². The highest BCUT2D eigenvalue weighted by atomic mass is 31.1. The van der Waals surface area contributed by atoms with Gasteiger partial charge in [-0.15, -0.1) is 0 Å². The molecule has 0 fully saturated rings. The number of nitrogens with zero attached hydrogens (tertiary/aromatic N) is 4. The van der Waals surface area contributed by atoms with E-state index in [9.17, 15) is 4.57 Å². The summed E-state index contributed by atoms with van der Waals surface area (Å²) in [7, 11) is -2.28. The minimum atomic E-state index is -2.28. The van der Waals surface area contributed by atoms with Crippen molar-refractivity contribution in [2.24, 2.45) is 0 Å². The summed E-state index contributed by atoms with van der Waals surface area (Å²) in [6.07, 6.45) is 1.35. The maximum atomic E-state index is 10.4. The van der Waals surface area contributed by atoms with Gasteiger partial charge in [-0.25, -0.2) is 4.98 Å². The van der Waals surface area contributed by atoms with Gasteiger partial charge in [-0.1, -0.05) is 0 Å². The first-order valence-electron chi connectivity index (χ1n) is 5.03. The Balaban J connectivity index is 2.12. The van der Waals surface area contributed by atoms with Crippen LogP contribution >= 0.6 is 8.03 Å². The van der Waals surface area contributed by atoms with Gasteiger partial charge in [-0.2, -0.15) is 14.9 Å². The Bertz CT molecular complexity index is 585. The number of nitrogen functional groups attached to an aromatic ring is 2. The van der Waals surface area contributed by atoms with Crippen molar-refractivity contribution >= 4 is 31.0 Å². The third-order valence-corrected chi connectivity index (χ3v) is 2.59. The largest absolute Gasteiger partial charge is 0.534 e. The molecule has 0 aromatic carbocycles. The van der Waals surface area contributed by atoms with Crippen LogP contribution in [0, 0.1) is 0 Å². The molecule has 2 aromatic heterocycles. The SMILES string of the molecule is Nc1nc(N)c2ncn(CCOC[P+](=O)O)c2n1. The Labute approximate surface area is 103 Å². The second-order valence-corrected chi connectivity index (χ2v) is 4.43. The van der Waals surface area contributed by atoms with Crippen LogP contribution in [0.15, 0.2) is 6.33 Å². The van der Waals surface area contributed by atoms with E-state index in [0.717, 1.165) is 0 Å². The summed E-state index contributed by atoms with van der Waals surface area (Å²) in [6.45, 7) is 0.687. The molecule has 2 aromatic rings. The van der Waals surface area contributed by atoms with Crippen molar-refractivity contribution in [3.8, 4) is 0 Å². The fourth-order valence-electron chi connectivity index (χ4n) is 1.45. The van der Waals surface area contributed by atoms with Gasteiger partial charge in [0.05, 0.1) is 12.9 Å². The number of hydrogen-bond acceptors (Lipinski definition) is 7. The lowest BCUT2D eigenvalue weighted by Gasteiger charge is -2.03. The molecule has 0 saturated carbocycles. The predicted octanol–water partition coefficient (Wildman–Crippen LogP) is -0.301. The molecule has 5 N–H and O–H groups in total. The van der Waals surface area contributed by atoms with Crippen molar-refractivity contribution in [2.75, 3.05) is 24.4 Å². The standard InChI is InChI=1S/C8H11N6O3P/c9-6-5-7(13-8(10)12-6)14(3-11-5)1-2-17-4-18(15)16/h3H,1-2,4H2,(H4-,9,10,12,13,15,16)/p+1. The normalized spacial score (nSPS) is 11.9. The van der Waals surface area contributed by atoms with E-state index in [0.29, 0.717) is 17.7 Å². The first-order valence-corrected chi connectivity index (χ1v) is 6.43. The van der Waals surface area contributed by atoms with Gasteiger partial charge >= 0.3 is 8.03 Å². The highest BCUT2D eigenvalue weighted by Crippen LogP contribution is 2.17. The number of imidazole rings is 1. The molecule has 0 spiro atoms. The number of ether oxygens (including phenoxy) is 1. The van der Waals surface area contributed by atoms with Crippen LogP contribution in [0.3, 0.4) is 0 Å². The zero-order valence-corrected chi connectivity index (χ0v) is 10.2. The number of nitrogens with two attached hydrogens (primary N) is 2. The summed E-state index contributed by atoms with van der Waals surface area (Å²) in [5.74, 6) is 0.289. The summed E-state index contributed by atoms with van der Waals surface area (Å²) >= 11 is 0. The molecule has 9 nitrogen and oxygen atoms in total. The van der Waals surface area contributed by atoms with E-state index in [-0.39, 0.29) is 24.7 Å². The summed E-state index contributed by atoms with van der Waals surface area (Å²) < 4.78 is 17.1. The van der Waals surface area contributed by atoms with E-state index in [2.05, 4.69) is 15.0 Å². The van der Waals surface area contributed by atoms with Gasteiger partial charge in [0.1, 0.15) is 5.52 Å². The topological polar surface area (TPSA) is 142 Å². The second kappa shape index (κ2) is 5.21. The molecule has 0 radical (unpaired) electrons. The molecule has 18 heavy (non-hydrogen) atoms. The molecule has 0 amide bonds. The van der Waals surface area contributed by atoms with Crippen LogP contribution in [0.4, 0.5) is 11.8 Å². The van der Waals surface area contributed by atoms with Gasteiger partial charge < -0.3 is 20.8 Å². The Hall–Kier alpha value is -1.83. The molecule has 0 bridgehead atoms. The highest BCUT2D eigenvalue weighted by Gasteiger charge is 2.11. The van der Waals surface area contributed by atoms with Crippen LogP contribution in [0.25, 0.3) is 11.2 Å². The molecular weight excluding hydrogens is 259 g/mol. The molecule has 96 valence electrons. The lowest BCUT2D eigenvalue weighted by Crippen LogP contribution is -2.07. The Morgan fingerprint density at radius 2 is 2.22 bits per heavy atom. The summed E-state index contributed by atoms with van der Waals surface area (Å²) in [6, 6.07) is 0. The van der Waals surface area contributed by atoms with Crippen LogP contribution < -0.4 is 11.5 Å². The van der Waals surface area contributed by atoms with Crippen LogP contribution in [0.5, 0.6) is 0 Å². The quantitative estimate of drug-likeness (QED) is 0.497. The van der Waals surface area contributed by atoms with Gasteiger partial charge in [0.25, 0.3) is 6.35 Å². The van der Waals surface area contributed by atoms with Crippen molar-refractivity contribution in [2.45, 2.75) is 6.54 Å². The van der Waals surface area contributed by atoms with Gasteiger partial charge in [-0.3, -0.25) is 0 Å². The van der Waals surface area contributed by atoms with Crippen molar-refractivity contribution < 1.29 is 14.2 Å². The fourth-order valence-corrected chi connectivity index (χ4v) is 1.74. The van der Waals surface area contributed by atoms with E-state index < -0.39 is 8.03 Å². The number of rotatable bonds is 5. The third-order valence-electron chi connectivity index (χ3n) is 2.19. The number of aromatic nitrogens is 4. The maximum absolute atomic E-state index is 10.4. The van der Waals surface area contributed by atoms with Crippen LogP contribution in [-0.4, -0.2) is 37.4 Å². The number of fused-ring (bicyclic) bond motifs is 1. The van der Waals surface area contributed by atoms with E-state index in [1.54, 1.807) is 4.57 Å². The maximum Gasteiger partial charge on any atom is 0.534 e.